The molecule has 0 aliphatic carbocycles. The van der Waals surface area contributed by atoms with Crippen LogP contribution in [-0.2, 0) is 6.42 Å². The Balaban J connectivity index is 2.29. The molecule has 2 rings (SSSR count). The Morgan fingerprint density at radius 3 is 2.29 bits per heavy atom. The Morgan fingerprint density at radius 2 is 1.71 bits per heavy atom. The molecule has 0 aromatic heterocycles. The Kier molecular flexibility index (Phi) is 5.20. The first-order valence-corrected chi connectivity index (χ1v) is 7.18. The van der Waals surface area contributed by atoms with Crippen molar-refractivity contribution in [1.29, 1.82) is 0 Å². The van der Waals surface area contributed by atoms with Crippen LogP contribution in [0.25, 0.3) is 0 Å². The van der Waals surface area contributed by atoms with Gasteiger partial charge in [-0.1, -0.05) is 12.1 Å². The molecular formula is C16H16BrFO3. The van der Waals surface area contributed by atoms with Gasteiger partial charge in [-0.2, -0.15) is 0 Å². The molecule has 1 unspecified atom stereocenters. The van der Waals surface area contributed by atoms with Gasteiger partial charge in [0.05, 0.1) is 24.8 Å². The zero-order valence-electron chi connectivity index (χ0n) is 11.8. The summed E-state index contributed by atoms with van der Waals surface area (Å²) in [5.41, 5.74) is 1.47. The topological polar surface area (TPSA) is 38.7 Å². The predicted molar refractivity (Wildman–Crippen MR) is 82.3 cm³/mol. The molecule has 0 heterocycles. The summed E-state index contributed by atoms with van der Waals surface area (Å²) in [6, 6.07) is 9.55. The zero-order valence-corrected chi connectivity index (χ0v) is 13.4. The summed E-state index contributed by atoms with van der Waals surface area (Å²) >= 11 is 3.38. The van der Waals surface area contributed by atoms with Crippen molar-refractivity contribution >= 4 is 15.9 Å². The van der Waals surface area contributed by atoms with Crippen molar-refractivity contribution in [3.05, 3.63) is 57.8 Å². The number of benzene rings is 2. The summed E-state index contributed by atoms with van der Waals surface area (Å²) in [6.07, 6.45) is -0.408. The minimum Gasteiger partial charge on any atom is -0.496 e. The van der Waals surface area contributed by atoms with Crippen molar-refractivity contribution in [1.82, 2.24) is 0 Å². The van der Waals surface area contributed by atoms with Gasteiger partial charge in [0.1, 0.15) is 17.3 Å². The smallest absolute Gasteiger partial charge is 0.133 e. The van der Waals surface area contributed by atoms with E-state index in [9.17, 15) is 9.50 Å². The highest BCUT2D eigenvalue weighted by atomic mass is 79.9. The molecule has 0 amide bonds. The van der Waals surface area contributed by atoms with Crippen LogP contribution in [0.15, 0.2) is 40.9 Å². The van der Waals surface area contributed by atoms with E-state index in [1.807, 2.05) is 0 Å². The van der Waals surface area contributed by atoms with Crippen molar-refractivity contribution in [3.63, 3.8) is 0 Å². The molecule has 1 N–H and O–H groups in total. The molecule has 0 saturated carbocycles. The Morgan fingerprint density at radius 1 is 1.10 bits per heavy atom. The van der Waals surface area contributed by atoms with Gasteiger partial charge in [0.25, 0.3) is 0 Å². The first-order valence-electron chi connectivity index (χ1n) is 6.39. The Bertz CT molecular complexity index is 614. The van der Waals surface area contributed by atoms with E-state index in [-0.39, 0.29) is 5.82 Å². The third-order valence-electron chi connectivity index (χ3n) is 3.21. The molecular weight excluding hydrogens is 339 g/mol. The van der Waals surface area contributed by atoms with E-state index < -0.39 is 6.10 Å². The highest BCUT2D eigenvalue weighted by Crippen LogP contribution is 2.36. The van der Waals surface area contributed by atoms with Crippen molar-refractivity contribution in [2.45, 2.75) is 12.5 Å². The summed E-state index contributed by atoms with van der Waals surface area (Å²) in [6.45, 7) is 0. The van der Waals surface area contributed by atoms with Crippen LogP contribution in [0.3, 0.4) is 0 Å². The van der Waals surface area contributed by atoms with Crippen LogP contribution in [0.5, 0.6) is 11.5 Å². The van der Waals surface area contributed by atoms with E-state index in [0.29, 0.717) is 23.5 Å². The van der Waals surface area contributed by atoms with Crippen LogP contribution >= 0.6 is 15.9 Å². The lowest BCUT2D eigenvalue weighted by atomic mass is 10.0. The summed E-state index contributed by atoms with van der Waals surface area (Å²) < 4.78 is 24.2. The maximum atomic E-state index is 12.9. The lowest BCUT2D eigenvalue weighted by Crippen LogP contribution is -2.05. The maximum absolute atomic E-state index is 12.9. The Labute approximate surface area is 131 Å². The molecule has 0 spiro atoms. The fourth-order valence-corrected chi connectivity index (χ4v) is 2.58. The monoisotopic (exact) mass is 354 g/mol. The first-order chi connectivity index (χ1) is 10.0. The van der Waals surface area contributed by atoms with Crippen molar-refractivity contribution in [2.24, 2.45) is 0 Å². The van der Waals surface area contributed by atoms with Gasteiger partial charge in [-0.25, -0.2) is 4.39 Å². The molecule has 5 heteroatoms. The van der Waals surface area contributed by atoms with Gasteiger partial charge in [0.15, 0.2) is 0 Å². The average Bonchev–Trinajstić information content (AvgIpc) is 2.49. The van der Waals surface area contributed by atoms with Gasteiger partial charge in [-0.05, 0) is 45.8 Å². The van der Waals surface area contributed by atoms with E-state index in [0.717, 1.165) is 10.0 Å². The third kappa shape index (κ3) is 3.74. The lowest BCUT2D eigenvalue weighted by Gasteiger charge is -2.17. The Hall–Kier alpha value is -1.59. The fraction of sp³-hybridized carbons (Fsp3) is 0.250. The average molecular weight is 355 g/mol. The second-order valence-corrected chi connectivity index (χ2v) is 5.43. The summed E-state index contributed by atoms with van der Waals surface area (Å²) in [4.78, 5) is 0. The number of methoxy groups -OCH3 is 2. The molecule has 0 bridgehead atoms. The number of halogens is 2. The minimum absolute atomic E-state index is 0.295. The largest absolute Gasteiger partial charge is 0.496 e. The summed E-state index contributed by atoms with van der Waals surface area (Å²) in [5.74, 6) is 0.886. The number of aliphatic hydroxyl groups is 1. The second kappa shape index (κ2) is 6.91. The normalized spacial score (nSPS) is 12.0. The van der Waals surface area contributed by atoms with E-state index in [2.05, 4.69) is 15.9 Å². The van der Waals surface area contributed by atoms with Gasteiger partial charge < -0.3 is 14.6 Å². The van der Waals surface area contributed by atoms with Crippen LogP contribution in [0.4, 0.5) is 4.39 Å². The standard InChI is InChI=1S/C16H16BrFO3/c1-20-15-9-13(17)16(21-2)8-12(15)14(19)7-10-3-5-11(18)6-4-10/h3-6,8-9,14,19H,7H2,1-2H3. The number of hydrogen-bond donors (Lipinski definition) is 1. The SMILES string of the molecule is COc1cc(C(O)Cc2ccc(F)cc2)c(OC)cc1Br. The van der Waals surface area contributed by atoms with Gasteiger partial charge in [-0.15, -0.1) is 0 Å². The number of ether oxygens (including phenoxy) is 2. The van der Waals surface area contributed by atoms with Gasteiger partial charge in [0.2, 0.25) is 0 Å². The number of rotatable bonds is 5. The number of aliphatic hydroxyl groups excluding tert-OH is 1. The fourth-order valence-electron chi connectivity index (χ4n) is 2.10. The van der Waals surface area contributed by atoms with Gasteiger partial charge in [-0.3, -0.25) is 0 Å². The highest BCUT2D eigenvalue weighted by molar-refractivity contribution is 9.10. The van der Waals surface area contributed by atoms with Gasteiger partial charge >= 0.3 is 0 Å². The van der Waals surface area contributed by atoms with Crippen LogP contribution in [0, 0.1) is 5.82 Å². The van der Waals surface area contributed by atoms with Crippen molar-refractivity contribution in [2.75, 3.05) is 14.2 Å². The van der Waals surface area contributed by atoms with Gasteiger partial charge in [0, 0.05) is 12.0 Å². The molecule has 112 valence electrons. The zero-order chi connectivity index (χ0) is 15.4. The van der Waals surface area contributed by atoms with Crippen LogP contribution in [0.1, 0.15) is 17.2 Å². The summed E-state index contributed by atoms with van der Waals surface area (Å²) in [7, 11) is 3.10. The molecule has 2 aromatic carbocycles. The first kappa shape index (κ1) is 15.8. The molecule has 21 heavy (non-hydrogen) atoms. The lowest BCUT2D eigenvalue weighted by molar-refractivity contribution is 0.173. The van der Waals surface area contributed by atoms with Crippen LogP contribution < -0.4 is 9.47 Å². The van der Waals surface area contributed by atoms with E-state index in [1.54, 1.807) is 38.5 Å². The molecule has 0 radical (unpaired) electrons. The molecule has 3 nitrogen and oxygen atoms in total. The number of hydrogen-bond acceptors (Lipinski definition) is 3. The van der Waals surface area contributed by atoms with Crippen LogP contribution in [-0.4, -0.2) is 19.3 Å². The van der Waals surface area contributed by atoms with Crippen LogP contribution in [0.2, 0.25) is 0 Å². The molecule has 0 fully saturated rings. The molecule has 1 atom stereocenters. The van der Waals surface area contributed by atoms with E-state index in [4.69, 9.17) is 9.47 Å². The molecule has 0 aliphatic rings. The van der Waals surface area contributed by atoms with Crippen molar-refractivity contribution < 1.29 is 19.0 Å². The predicted octanol–water partition coefficient (Wildman–Crippen LogP) is 3.88. The maximum Gasteiger partial charge on any atom is 0.133 e. The highest BCUT2D eigenvalue weighted by Gasteiger charge is 2.17. The summed E-state index contributed by atoms with van der Waals surface area (Å²) in [5, 5.41) is 10.4. The van der Waals surface area contributed by atoms with E-state index >= 15 is 0 Å². The minimum atomic E-state index is -0.771. The molecule has 2 aromatic rings. The molecule has 0 saturated heterocycles. The van der Waals surface area contributed by atoms with Crippen molar-refractivity contribution in [3.8, 4) is 11.5 Å². The third-order valence-corrected chi connectivity index (χ3v) is 3.83. The second-order valence-electron chi connectivity index (χ2n) is 4.58. The van der Waals surface area contributed by atoms with E-state index in [1.165, 1.54) is 12.1 Å². The quantitative estimate of drug-likeness (QED) is 0.885. The molecule has 0 aliphatic heterocycles.